The summed E-state index contributed by atoms with van der Waals surface area (Å²) in [5.41, 5.74) is 0.143. The van der Waals surface area contributed by atoms with Crippen molar-refractivity contribution in [3.63, 3.8) is 0 Å². The van der Waals surface area contributed by atoms with Crippen molar-refractivity contribution in [3.8, 4) is 0 Å². The lowest BCUT2D eigenvalue weighted by Crippen LogP contribution is -2.49. The molecule has 1 atom stereocenters. The molecule has 4 nitrogen and oxygen atoms in total. The van der Waals surface area contributed by atoms with Gasteiger partial charge in [0.25, 0.3) is 0 Å². The summed E-state index contributed by atoms with van der Waals surface area (Å²) in [6.45, 7) is 4.25. The minimum atomic E-state index is -0.918. The quantitative estimate of drug-likeness (QED) is 0.821. The number of allylic oxidation sites excluding steroid dienone is 1. The van der Waals surface area contributed by atoms with Crippen molar-refractivity contribution in [1.29, 1.82) is 0 Å². The van der Waals surface area contributed by atoms with Crippen LogP contribution in [0.2, 0.25) is 0 Å². The largest absolute Gasteiger partial charge is 0.389 e. The highest BCUT2D eigenvalue weighted by molar-refractivity contribution is 5.74. The Morgan fingerprint density at radius 2 is 2.05 bits per heavy atom. The van der Waals surface area contributed by atoms with Crippen molar-refractivity contribution in [2.24, 2.45) is 0 Å². The van der Waals surface area contributed by atoms with Crippen LogP contribution >= 0.6 is 0 Å². The SMILES string of the molecule is CC(C)(O)CN(Cc1ccccc1)C(=O)NC1CC=CCC1. The van der Waals surface area contributed by atoms with Crippen LogP contribution in [0.1, 0.15) is 38.7 Å². The van der Waals surface area contributed by atoms with E-state index >= 15 is 0 Å². The van der Waals surface area contributed by atoms with Crippen LogP contribution < -0.4 is 5.32 Å². The molecule has 0 saturated heterocycles. The van der Waals surface area contributed by atoms with E-state index in [4.69, 9.17) is 0 Å². The van der Waals surface area contributed by atoms with Gasteiger partial charge in [-0.2, -0.15) is 0 Å². The molecule has 1 unspecified atom stereocenters. The Balaban J connectivity index is 2.02. The zero-order valence-corrected chi connectivity index (χ0v) is 13.5. The molecule has 4 heteroatoms. The van der Waals surface area contributed by atoms with Gasteiger partial charge in [-0.1, -0.05) is 42.5 Å². The molecule has 2 N–H and O–H groups in total. The van der Waals surface area contributed by atoms with Crippen LogP contribution in [0, 0.1) is 0 Å². The molecule has 0 bridgehead atoms. The molecule has 0 radical (unpaired) electrons. The lowest BCUT2D eigenvalue weighted by Gasteiger charge is -2.31. The molecule has 120 valence electrons. The molecule has 0 heterocycles. The Kier molecular flexibility index (Phi) is 5.61. The summed E-state index contributed by atoms with van der Waals surface area (Å²) in [4.78, 5) is 14.3. The Labute approximate surface area is 132 Å². The van der Waals surface area contributed by atoms with Gasteiger partial charge in [-0.3, -0.25) is 0 Å². The molecule has 0 saturated carbocycles. The zero-order valence-electron chi connectivity index (χ0n) is 13.5. The third-order valence-corrected chi connectivity index (χ3v) is 3.68. The lowest BCUT2D eigenvalue weighted by molar-refractivity contribution is 0.0441. The summed E-state index contributed by atoms with van der Waals surface area (Å²) >= 11 is 0. The predicted octanol–water partition coefficient (Wildman–Crippen LogP) is 3.08. The second-order valence-corrected chi connectivity index (χ2v) is 6.58. The fourth-order valence-corrected chi connectivity index (χ4v) is 2.66. The Morgan fingerprint density at radius 3 is 2.64 bits per heavy atom. The van der Waals surface area contributed by atoms with Gasteiger partial charge in [0.15, 0.2) is 0 Å². The highest BCUT2D eigenvalue weighted by Gasteiger charge is 2.24. The van der Waals surface area contributed by atoms with Crippen LogP contribution in [0.15, 0.2) is 42.5 Å². The third kappa shape index (κ3) is 5.53. The van der Waals surface area contributed by atoms with E-state index in [1.54, 1.807) is 18.7 Å². The van der Waals surface area contributed by atoms with Crippen LogP contribution in [0.4, 0.5) is 4.79 Å². The fourth-order valence-electron chi connectivity index (χ4n) is 2.66. The molecule has 0 fully saturated rings. The summed E-state index contributed by atoms with van der Waals surface area (Å²) in [7, 11) is 0. The first-order valence-corrected chi connectivity index (χ1v) is 7.91. The van der Waals surface area contributed by atoms with Crippen molar-refractivity contribution in [2.75, 3.05) is 6.54 Å². The minimum Gasteiger partial charge on any atom is -0.389 e. The van der Waals surface area contributed by atoms with Gasteiger partial charge in [-0.25, -0.2) is 4.79 Å². The van der Waals surface area contributed by atoms with Crippen molar-refractivity contribution in [3.05, 3.63) is 48.0 Å². The molecule has 1 aromatic carbocycles. The molecule has 0 spiro atoms. The monoisotopic (exact) mass is 302 g/mol. The molecule has 0 aliphatic heterocycles. The van der Waals surface area contributed by atoms with E-state index in [-0.39, 0.29) is 12.1 Å². The van der Waals surface area contributed by atoms with Crippen molar-refractivity contribution >= 4 is 6.03 Å². The van der Waals surface area contributed by atoms with Gasteiger partial charge in [0, 0.05) is 12.6 Å². The molecule has 1 aliphatic carbocycles. The first kappa shape index (κ1) is 16.6. The van der Waals surface area contributed by atoms with Gasteiger partial charge >= 0.3 is 6.03 Å². The van der Waals surface area contributed by atoms with Gasteiger partial charge in [0.1, 0.15) is 0 Å². The highest BCUT2D eigenvalue weighted by Crippen LogP contribution is 2.14. The number of hydrogen-bond donors (Lipinski definition) is 2. The molecule has 22 heavy (non-hydrogen) atoms. The molecule has 2 amide bonds. The summed E-state index contributed by atoms with van der Waals surface area (Å²) in [6, 6.07) is 9.95. The van der Waals surface area contributed by atoms with Gasteiger partial charge in [0.2, 0.25) is 0 Å². The van der Waals surface area contributed by atoms with Gasteiger partial charge in [0.05, 0.1) is 12.1 Å². The molecule has 0 aromatic heterocycles. The van der Waals surface area contributed by atoms with Crippen LogP contribution in [0.3, 0.4) is 0 Å². The van der Waals surface area contributed by atoms with E-state index in [2.05, 4.69) is 17.5 Å². The number of carbonyl (C=O) groups is 1. The van der Waals surface area contributed by atoms with Crippen molar-refractivity contribution in [1.82, 2.24) is 10.2 Å². The number of benzene rings is 1. The average molecular weight is 302 g/mol. The summed E-state index contributed by atoms with van der Waals surface area (Å²) in [5.74, 6) is 0. The van der Waals surface area contributed by atoms with E-state index in [0.29, 0.717) is 13.1 Å². The highest BCUT2D eigenvalue weighted by atomic mass is 16.3. The van der Waals surface area contributed by atoms with Crippen LogP contribution in [0.5, 0.6) is 0 Å². The summed E-state index contributed by atoms with van der Waals surface area (Å²) < 4.78 is 0. The Morgan fingerprint density at radius 1 is 1.32 bits per heavy atom. The second-order valence-electron chi connectivity index (χ2n) is 6.58. The third-order valence-electron chi connectivity index (χ3n) is 3.68. The number of rotatable bonds is 5. The van der Waals surface area contributed by atoms with E-state index in [1.165, 1.54) is 0 Å². The molecule has 1 aromatic rings. The van der Waals surface area contributed by atoms with E-state index < -0.39 is 5.60 Å². The molecular weight excluding hydrogens is 276 g/mol. The molecule has 2 rings (SSSR count). The maximum Gasteiger partial charge on any atom is 0.318 e. The van der Waals surface area contributed by atoms with E-state index in [9.17, 15) is 9.90 Å². The van der Waals surface area contributed by atoms with E-state index in [1.807, 2.05) is 30.3 Å². The topological polar surface area (TPSA) is 52.6 Å². The van der Waals surface area contributed by atoms with Crippen molar-refractivity contribution in [2.45, 2.75) is 51.3 Å². The lowest BCUT2D eigenvalue weighted by atomic mass is 10.0. The number of carbonyl (C=O) groups excluding carboxylic acids is 1. The maximum atomic E-state index is 12.6. The maximum absolute atomic E-state index is 12.6. The van der Waals surface area contributed by atoms with Gasteiger partial charge in [-0.05, 0) is 38.7 Å². The standard InChI is InChI=1S/C18H26N2O2/c1-18(2,22)14-20(13-15-9-5-3-6-10-15)17(21)19-16-11-7-4-8-12-16/h3-7,9-10,16,22H,8,11-14H2,1-2H3,(H,19,21). The average Bonchev–Trinajstić information content (AvgIpc) is 2.47. The number of aliphatic hydroxyl groups is 1. The van der Waals surface area contributed by atoms with E-state index in [0.717, 1.165) is 24.8 Å². The first-order valence-electron chi connectivity index (χ1n) is 7.91. The Bertz CT molecular complexity index is 506. The number of hydrogen-bond acceptors (Lipinski definition) is 2. The van der Waals surface area contributed by atoms with Crippen molar-refractivity contribution < 1.29 is 9.90 Å². The Hall–Kier alpha value is -1.81. The van der Waals surface area contributed by atoms with Crippen LogP contribution in [-0.2, 0) is 6.54 Å². The number of nitrogens with zero attached hydrogens (tertiary/aromatic N) is 1. The minimum absolute atomic E-state index is 0.105. The summed E-state index contributed by atoms with van der Waals surface area (Å²) in [5, 5.41) is 13.2. The first-order chi connectivity index (χ1) is 10.4. The van der Waals surface area contributed by atoms with Crippen LogP contribution in [-0.4, -0.2) is 34.2 Å². The fraction of sp³-hybridized carbons (Fsp3) is 0.500. The van der Waals surface area contributed by atoms with Gasteiger partial charge in [-0.15, -0.1) is 0 Å². The zero-order chi connectivity index (χ0) is 16.0. The predicted molar refractivity (Wildman–Crippen MR) is 88.5 cm³/mol. The normalized spacial score (nSPS) is 18.0. The molecule has 1 aliphatic rings. The molecular formula is C18H26N2O2. The number of urea groups is 1. The summed E-state index contributed by atoms with van der Waals surface area (Å²) in [6.07, 6.45) is 7.14. The number of amides is 2. The number of nitrogens with one attached hydrogen (secondary N) is 1. The second kappa shape index (κ2) is 7.45. The van der Waals surface area contributed by atoms with Crippen LogP contribution in [0.25, 0.3) is 0 Å². The van der Waals surface area contributed by atoms with Gasteiger partial charge < -0.3 is 15.3 Å². The smallest absolute Gasteiger partial charge is 0.318 e.